The number of hydrogen-bond donors (Lipinski definition) is 3. The Balaban J connectivity index is 2.63. The van der Waals surface area contributed by atoms with E-state index in [0.29, 0.717) is 0 Å². The van der Waals surface area contributed by atoms with Crippen molar-refractivity contribution >= 4 is 11.9 Å². The molecule has 0 saturated heterocycles. The third-order valence-electron chi connectivity index (χ3n) is 2.33. The van der Waals surface area contributed by atoms with Gasteiger partial charge >= 0.3 is 5.97 Å². The van der Waals surface area contributed by atoms with Gasteiger partial charge in [-0.1, -0.05) is 6.07 Å². The highest BCUT2D eigenvalue weighted by Crippen LogP contribution is 2.17. The lowest BCUT2D eigenvalue weighted by Crippen LogP contribution is -2.37. The Kier molecular flexibility index (Phi) is 4.67. The fourth-order valence-corrected chi connectivity index (χ4v) is 1.34. The molecule has 0 bridgehead atoms. The van der Waals surface area contributed by atoms with Gasteiger partial charge in [0.05, 0.1) is 19.2 Å². The summed E-state index contributed by atoms with van der Waals surface area (Å²) in [5.41, 5.74) is 0.899. The van der Waals surface area contributed by atoms with Crippen LogP contribution in [0.3, 0.4) is 0 Å². The maximum atomic E-state index is 11.7. The summed E-state index contributed by atoms with van der Waals surface area (Å²) in [5, 5.41) is 21.2. The summed E-state index contributed by atoms with van der Waals surface area (Å²) < 4.78 is 4.30. The Bertz CT molecular complexity index is 458. The number of benzene rings is 1. The lowest BCUT2D eigenvalue weighted by Gasteiger charge is -2.10. The molecule has 6 heteroatoms. The highest BCUT2D eigenvalue weighted by molar-refractivity contribution is 5.97. The first-order valence-corrected chi connectivity index (χ1v) is 5.29. The van der Waals surface area contributed by atoms with Crippen molar-refractivity contribution in [1.29, 1.82) is 0 Å². The molecule has 0 spiro atoms. The van der Waals surface area contributed by atoms with Crippen LogP contribution < -0.4 is 5.32 Å². The van der Waals surface area contributed by atoms with Gasteiger partial charge < -0.3 is 20.3 Å². The molecular formula is C12H15NO5. The van der Waals surface area contributed by atoms with Crippen LogP contribution in [0.2, 0.25) is 0 Å². The molecule has 0 aliphatic rings. The molecule has 0 aliphatic heterocycles. The minimum Gasteiger partial charge on any atom is -0.507 e. The minimum absolute atomic E-state index is 0.0812. The van der Waals surface area contributed by atoms with E-state index in [9.17, 15) is 19.8 Å². The number of methoxy groups -OCH3 is 1. The summed E-state index contributed by atoms with van der Waals surface area (Å²) in [7, 11) is 1.14. The smallest absolute Gasteiger partial charge is 0.336 e. The molecule has 1 unspecified atom stereocenters. The van der Waals surface area contributed by atoms with E-state index in [1.807, 2.05) is 0 Å². The monoisotopic (exact) mass is 253 g/mol. The van der Waals surface area contributed by atoms with Gasteiger partial charge in [0, 0.05) is 0 Å². The van der Waals surface area contributed by atoms with Crippen LogP contribution in [-0.2, 0) is 9.53 Å². The van der Waals surface area contributed by atoms with E-state index in [2.05, 4.69) is 10.1 Å². The van der Waals surface area contributed by atoms with Gasteiger partial charge in [-0.15, -0.1) is 0 Å². The number of hydrogen-bond acceptors (Lipinski definition) is 5. The van der Waals surface area contributed by atoms with Crippen molar-refractivity contribution in [1.82, 2.24) is 5.32 Å². The van der Waals surface area contributed by atoms with Gasteiger partial charge in [0.1, 0.15) is 5.75 Å². The molecule has 1 aromatic carbocycles. The number of esters is 1. The van der Waals surface area contributed by atoms with Gasteiger partial charge in [0.15, 0.2) is 6.10 Å². The molecule has 0 aliphatic carbocycles. The zero-order chi connectivity index (χ0) is 13.7. The molecule has 3 N–H and O–H groups in total. The minimum atomic E-state index is -1.42. The van der Waals surface area contributed by atoms with E-state index in [1.54, 1.807) is 13.0 Å². The SMILES string of the molecule is COC(=O)C(O)CNC(=O)c1ccc(C)cc1O. The second-order valence-electron chi connectivity index (χ2n) is 3.77. The predicted molar refractivity (Wildman–Crippen MR) is 63.2 cm³/mol. The number of amides is 1. The van der Waals surface area contributed by atoms with Gasteiger partial charge in [-0.2, -0.15) is 0 Å². The molecule has 98 valence electrons. The molecule has 0 aromatic heterocycles. The van der Waals surface area contributed by atoms with Crippen molar-refractivity contribution in [3.05, 3.63) is 29.3 Å². The maximum Gasteiger partial charge on any atom is 0.336 e. The molecule has 0 heterocycles. The van der Waals surface area contributed by atoms with Gasteiger partial charge in [0.2, 0.25) is 0 Å². The summed E-state index contributed by atoms with van der Waals surface area (Å²) in [6.07, 6.45) is -1.42. The van der Waals surface area contributed by atoms with Crippen LogP contribution in [0.4, 0.5) is 0 Å². The molecule has 0 radical (unpaired) electrons. The third kappa shape index (κ3) is 3.46. The average Bonchev–Trinajstić information content (AvgIpc) is 2.34. The number of aromatic hydroxyl groups is 1. The number of rotatable bonds is 4. The number of carbonyl (C=O) groups excluding carboxylic acids is 2. The number of aliphatic hydroxyl groups excluding tert-OH is 1. The van der Waals surface area contributed by atoms with Crippen LogP contribution >= 0.6 is 0 Å². The summed E-state index contributed by atoms with van der Waals surface area (Å²) in [6, 6.07) is 4.58. The van der Waals surface area contributed by atoms with Gasteiger partial charge in [-0.3, -0.25) is 4.79 Å². The van der Waals surface area contributed by atoms with Crippen LogP contribution in [0.15, 0.2) is 18.2 Å². The van der Waals surface area contributed by atoms with E-state index in [-0.39, 0.29) is 17.9 Å². The molecule has 0 saturated carbocycles. The van der Waals surface area contributed by atoms with Crippen LogP contribution in [0, 0.1) is 6.92 Å². The van der Waals surface area contributed by atoms with Gasteiger partial charge in [0.25, 0.3) is 5.91 Å². The van der Waals surface area contributed by atoms with Gasteiger partial charge in [-0.05, 0) is 24.6 Å². The lowest BCUT2D eigenvalue weighted by atomic mass is 10.1. The second kappa shape index (κ2) is 6.02. The highest BCUT2D eigenvalue weighted by Gasteiger charge is 2.17. The quantitative estimate of drug-likeness (QED) is 0.654. The van der Waals surface area contributed by atoms with Crippen LogP contribution in [0.1, 0.15) is 15.9 Å². The Morgan fingerprint density at radius 3 is 2.67 bits per heavy atom. The van der Waals surface area contributed by atoms with Crippen molar-refractivity contribution < 1.29 is 24.5 Å². The van der Waals surface area contributed by atoms with E-state index in [0.717, 1.165) is 12.7 Å². The average molecular weight is 253 g/mol. The van der Waals surface area contributed by atoms with Crippen molar-refractivity contribution in [3.63, 3.8) is 0 Å². The largest absolute Gasteiger partial charge is 0.507 e. The Morgan fingerprint density at radius 2 is 2.11 bits per heavy atom. The number of aliphatic hydroxyl groups is 1. The molecule has 1 rings (SSSR count). The second-order valence-corrected chi connectivity index (χ2v) is 3.77. The summed E-state index contributed by atoms with van der Waals surface area (Å²) >= 11 is 0. The Morgan fingerprint density at radius 1 is 1.44 bits per heavy atom. The zero-order valence-electron chi connectivity index (χ0n) is 10.1. The molecule has 0 fully saturated rings. The number of aryl methyl sites for hydroxylation is 1. The molecule has 1 aromatic rings. The maximum absolute atomic E-state index is 11.7. The van der Waals surface area contributed by atoms with Crippen molar-refractivity contribution in [2.75, 3.05) is 13.7 Å². The first kappa shape index (κ1) is 14.0. The first-order valence-electron chi connectivity index (χ1n) is 5.29. The topological polar surface area (TPSA) is 95.9 Å². The van der Waals surface area contributed by atoms with Crippen molar-refractivity contribution in [3.8, 4) is 5.75 Å². The van der Waals surface area contributed by atoms with E-state index in [4.69, 9.17) is 0 Å². The van der Waals surface area contributed by atoms with Crippen LogP contribution in [-0.4, -0.2) is 41.8 Å². The first-order chi connectivity index (χ1) is 8.45. The fourth-order valence-electron chi connectivity index (χ4n) is 1.34. The summed E-state index contributed by atoms with van der Waals surface area (Å²) in [6.45, 7) is 1.50. The normalized spacial score (nSPS) is 11.7. The summed E-state index contributed by atoms with van der Waals surface area (Å²) in [5.74, 6) is -1.56. The molecule has 6 nitrogen and oxygen atoms in total. The van der Waals surface area contributed by atoms with Crippen LogP contribution in [0.5, 0.6) is 5.75 Å². The highest BCUT2D eigenvalue weighted by atomic mass is 16.5. The molecular weight excluding hydrogens is 238 g/mol. The van der Waals surface area contributed by atoms with E-state index in [1.165, 1.54) is 12.1 Å². The standard InChI is InChI=1S/C12H15NO5/c1-7-3-4-8(9(14)5-7)11(16)13-6-10(15)12(17)18-2/h3-5,10,14-15H,6H2,1-2H3,(H,13,16). The molecule has 18 heavy (non-hydrogen) atoms. The van der Waals surface area contributed by atoms with Crippen molar-refractivity contribution in [2.45, 2.75) is 13.0 Å². The van der Waals surface area contributed by atoms with E-state index >= 15 is 0 Å². The number of ether oxygens (including phenoxy) is 1. The number of phenolic OH excluding ortho intramolecular Hbond substituents is 1. The number of carbonyl (C=O) groups is 2. The molecule has 1 amide bonds. The lowest BCUT2D eigenvalue weighted by molar-refractivity contribution is -0.149. The Hall–Kier alpha value is -2.08. The number of nitrogens with one attached hydrogen (secondary N) is 1. The van der Waals surface area contributed by atoms with Gasteiger partial charge in [-0.25, -0.2) is 4.79 Å². The third-order valence-corrected chi connectivity index (χ3v) is 2.33. The van der Waals surface area contributed by atoms with E-state index < -0.39 is 18.0 Å². The van der Waals surface area contributed by atoms with Crippen molar-refractivity contribution in [2.24, 2.45) is 0 Å². The molecule has 1 atom stereocenters. The summed E-state index contributed by atoms with van der Waals surface area (Å²) in [4.78, 5) is 22.6. The van der Waals surface area contributed by atoms with Crippen LogP contribution in [0.25, 0.3) is 0 Å². The predicted octanol–water partition coefficient (Wildman–Crippen LogP) is -0.0357. The zero-order valence-corrected chi connectivity index (χ0v) is 10.1. The number of phenols is 1. The fraction of sp³-hybridized carbons (Fsp3) is 0.333. The Labute approximate surface area is 104 Å².